The maximum Gasteiger partial charge on any atom is 0.218 e. The minimum absolute atomic E-state index is 0.278. The average Bonchev–Trinajstić information content (AvgIpc) is 3.47. The normalized spacial score (nSPS) is 11.7. The topological polar surface area (TPSA) is 78.3 Å². The summed E-state index contributed by atoms with van der Waals surface area (Å²) in [7, 11) is 0. The highest BCUT2D eigenvalue weighted by molar-refractivity contribution is 7.26. The van der Waals surface area contributed by atoms with Crippen LogP contribution in [0, 0.1) is 13.8 Å². The van der Waals surface area contributed by atoms with Gasteiger partial charge in [-0.2, -0.15) is 0 Å². The summed E-state index contributed by atoms with van der Waals surface area (Å²) in [5.41, 5.74) is 3.78. The van der Waals surface area contributed by atoms with Gasteiger partial charge in [0.05, 0.1) is 5.52 Å². The number of benzene rings is 1. The zero-order valence-corrected chi connectivity index (χ0v) is 18.7. The van der Waals surface area contributed by atoms with E-state index in [1.165, 1.54) is 0 Å². The molecule has 0 saturated heterocycles. The van der Waals surface area contributed by atoms with Crippen LogP contribution in [0.3, 0.4) is 0 Å². The first-order valence-corrected chi connectivity index (χ1v) is 11.1. The second-order valence-electron chi connectivity index (χ2n) is 7.50. The maximum absolute atomic E-state index is 6.00. The Balaban J connectivity index is 1.36. The molecule has 0 radical (unpaired) electrons. The first-order chi connectivity index (χ1) is 15.5. The molecule has 1 aromatic carbocycles. The fraction of sp³-hybridized carbons (Fsp3) is 0.130. The summed E-state index contributed by atoms with van der Waals surface area (Å²) in [5.74, 6) is 2.40. The number of thiophene rings is 1. The molecule has 0 fully saturated rings. The van der Waals surface area contributed by atoms with Gasteiger partial charge in [0, 0.05) is 16.1 Å². The third kappa shape index (κ3) is 3.19. The molecule has 0 aliphatic rings. The van der Waals surface area contributed by atoms with Crippen molar-refractivity contribution in [3.63, 3.8) is 0 Å². The molecule has 0 amide bonds. The Morgan fingerprint density at radius 3 is 2.91 bits per heavy atom. The Morgan fingerprint density at radius 1 is 1.12 bits per heavy atom. The van der Waals surface area contributed by atoms with Gasteiger partial charge in [0.1, 0.15) is 34.0 Å². The van der Waals surface area contributed by atoms with Gasteiger partial charge in [-0.05, 0) is 55.8 Å². The third-order valence-electron chi connectivity index (χ3n) is 5.15. The SMILES string of the molecule is Cc1cc(C)c2c(n1)sc1c2ncn2nc(-c3ccc(COc4cccc(Cl)c4)o3)nc12. The standard InChI is InChI=1S/C23H16ClN5O2S/c1-12-8-13(2)26-23-18(12)19-20(32-23)22-27-21(28-29(22)11-25-19)17-7-6-16(31-17)10-30-15-5-3-4-14(24)9-15/h3-9,11H,10H2,1-2H3. The van der Waals surface area contributed by atoms with Crippen LogP contribution in [0.1, 0.15) is 17.0 Å². The first-order valence-electron chi connectivity index (χ1n) is 9.94. The molecule has 7 nitrogen and oxygen atoms in total. The molecule has 5 aromatic heterocycles. The van der Waals surface area contributed by atoms with Gasteiger partial charge in [-0.1, -0.05) is 17.7 Å². The van der Waals surface area contributed by atoms with E-state index in [1.807, 2.05) is 31.2 Å². The van der Waals surface area contributed by atoms with Crippen LogP contribution in [-0.4, -0.2) is 24.6 Å². The second kappa shape index (κ2) is 7.29. The van der Waals surface area contributed by atoms with Crippen molar-refractivity contribution in [3.8, 4) is 17.3 Å². The van der Waals surface area contributed by atoms with Crippen molar-refractivity contribution >= 4 is 49.0 Å². The Hall–Kier alpha value is -3.49. The average molecular weight is 462 g/mol. The number of halogens is 1. The van der Waals surface area contributed by atoms with Crippen LogP contribution >= 0.6 is 22.9 Å². The van der Waals surface area contributed by atoms with Gasteiger partial charge in [0.15, 0.2) is 11.4 Å². The van der Waals surface area contributed by atoms with Crippen LogP contribution in [0.25, 0.3) is 37.7 Å². The predicted molar refractivity (Wildman–Crippen MR) is 124 cm³/mol. The van der Waals surface area contributed by atoms with Crippen molar-refractivity contribution in [1.29, 1.82) is 0 Å². The molecule has 158 valence electrons. The number of rotatable bonds is 4. The van der Waals surface area contributed by atoms with E-state index in [2.05, 4.69) is 28.1 Å². The van der Waals surface area contributed by atoms with Gasteiger partial charge in [-0.3, -0.25) is 0 Å². The molecular formula is C23H16ClN5O2S. The van der Waals surface area contributed by atoms with E-state index >= 15 is 0 Å². The van der Waals surface area contributed by atoms with Gasteiger partial charge in [-0.25, -0.2) is 19.5 Å². The molecule has 0 spiro atoms. The molecular weight excluding hydrogens is 446 g/mol. The highest BCUT2D eigenvalue weighted by Crippen LogP contribution is 2.36. The minimum atomic E-state index is 0.278. The van der Waals surface area contributed by atoms with Crippen molar-refractivity contribution in [2.24, 2.45) is 0 Å². The summed E-state index contributed by atoms with van der Waals surface area (Å²) in [4.78, 5) is 15.0. The zero-order chi connectivity index (χ0) is 21.8. The molecule has 6 rings (SSSR count). The van der Waals surface area contributed by atoms with E-state index in [0.29, 0.717) is 28.1 Å². The summed E-state index contributed by atoms with van der Waals surface area (Å²) in [6.45, 7) is 4.36. The highest BCUT2D eigenvalue weighted by atomic mass is 35.5. The lowest BCUT2D eigenvalue weighted by Gasteiger charge is -2.03. The number of aromatic nitrogens is 5. The second-order valence-corrected chi connectivity index (χ2v) is 8.94. The molecule has 0 aliphatic heterocycles. The highest BCUT2D eigenvalue weighted by Gasteiger charge is 2.18. The quantitative estimate of drug-likeness (QED) is 0.320. The van der Waals surface area contributed by atoms with Crippen molar-refractivity contribution in [1.82, 2.24) is 24.6 Å². The van der Waals surface area contributed by atoms with Crippen molar-refractivity contribution < 1.29 is 9.15 Å². The molecule has 0 bridgehead atoms. The summed E-state index contributed by atoms with van der Waals surface area (Å²) >= 11 is 7.58. The number of pyridine rings is 1. The third-order valence-corrected chi connectivity index (χ3v) is 6.46. The van der Waals surface area contributed by atoms with Crippen LogP contribution in [0.15, 0.2) is 53.2 Å². The number of hydrogen-bond acceptors (Lipinski definition) is 7. The van der Waals surface area contributed by atoms with Crippen molar-refractivity contribution in [2.45, 2.75) is 20.5 Å². The molecule has 0 atom stereocenters. The van der Waals surface area contributed by atoms with Crippen molar-refractivity contribution in [2.75, 3.05) is 0 Å². The molecule has 5 heterocycles. The first kappa shape index (κ1) is 19.2. The molecule has 9 heteroatoms. The van der Waals surface area contributed by atoms with Crippen LogP contribution in [0.5, 0.6) is 5.75 Å². The number of furan rings is 1. The lowest BCUT2D eigenvalue weighted by molar-refractivity contribution is 0.272. The Bertz CT molecular complexity index is 1630. The lowest BCUT2D eigenvalue weighted by atomic mass is 10.1. The maximum atomic E-state index is 6.00. The number of hydrogen-bond donors (Lipinski definition) is 0. The monoisotopic (exact) mass is 461 g/mol. The van der Waals surface area contributed by atoms with Crippen LogP contribution in [-0.2, 0) is 6.61 Å². The Morgan fingerprint density at radius 2 is 2.03 bits per heavy atom. The predicted octanol–water partition coefficient (Wildman–Crippen LogP) is 6.00. The molecule has 0 saturated carbocycles. The smallest absolute Gasteiger partial charge is 0.218 e. The van der Waals surface area contributed by atoms with Crippen LogP contribution in [0.2, 0.25) is 5.02 Å². The van der Waals surface area contributed by atoms with Gasteiger partial charge in [-0.15, -0.1) is 16.4 Å². The van der Waals surface area contributed by atoms with Gasteiger partial charge >= 0.3 is 0 Å². The number of nitrogens with zero attached hydrogens (tertiary/aromatic N) is 5. The van der Waals surface area contributed by atoms with E-state index in [4.69, 9.17) is 25.7 Å². The number of ether oxygens (including phenoxy) is 1. The summed E-state index contributed by atoms with van der Waals surface area (Å²) in [6, 6.07) is 13.0. The molecule has 0 N–H and O–H groups in total. The molecule has 32 heavy (non-hydrogen) atoms. The lowest BCUT2D eigenvalue weighted by Crippen LogP contribution is -1.93. The van der Waals surface area contributed by atoms with Crippen molar-refractivity contribution in [3.05, 3.63) is 70.8 Å². The Labute approximate surface area is 191 Å². The molecule has 0 aliphatic carbocycles. The van der Waals surface area contributed by atoms with Gasteiger partial charge in [0.25, 0.3) is 0 Å². The van der Waals surface area contributed by atoms with Gasteiger partial charge in [0.2, 0.25) is 5.82 Å². The van der Waals surface area contributed by atoms with E-state index < -0.39 is 0 Å². The van der Waals surface area contributed by atoms with Gasteiger partial charge < -0.3 is 9.15 Å². The van der Waals surface area contributed by atoms with E-state index in [-0.39, 0.29) is 6.61 Å². The zero-order valence-electron chi connectivity index (χ0n) is 17.2. The fourth-order valence-corrected chi connectivity index (χ4v) is 5.16. The number of fused-ring (bicyclic) bond motifs is 5. The molecule has 0 unspecified atom stereocenters. The summed E-state index contributed by atoms with van der Waals surface area (Å²) in [6.07, 6.45) is 1.69. The van der Waals surface area contributed by atoms with E-state index in [9.17, 15) is 0 Å². The number of aryl methyl sites for hydroxylation is 2. The largest absolute Gasteiger partial charge is 0.486 e. The fourth-order valence-electron chi connectivity index (χ4n) is 3.76. The van der Waals surface area contributed by atoms with Crippen LogP contribution < -0.4 is 4.74 Å². The minimum Gasteiger partial charge on any atom is -0.486 e. The van der Waals surface area contributed by atoms with E-state index in [1.54, 1.807) is 34.3 Å². The molecule has 6 aromatic rings. The van der Waals surface area contributed by atoms with E-state index in [0.717, 1.165) is 37.3 Å². The summed E-state index contributed by atoms with van der Waals surface area (Å²) < 4.78 is 14.3. The summed E-state index contributed by atoms with van der Waals surface area (Å²) in [5, 5.41) is 6.26. The Kier molecular flexibility index (Phi) is 4.38. The van der Waals surface area contributed by atoms with Crippen LogP contribution in [0.4, 0.5) is 0 Å².